The van der Waals surface area contributed by atoms with Crippen molar-refractivity contribution in [2.45, 2.75) is 50.0 Å². The Morgan fingerprint density at radius 3 is 2.26 bits per heavy atom. The first-order valence-electron chi connectivity index (χ1n) is 11.7. The Labute approximate surface area is 217 Å². The Kier molecular flexibility index (Phi) is 8.05. The van der Waals surface area contributed by atoms with Gasteiger partial charge in [-0.3, -0.25) is 9.10 Å². The average Bonchev–Trinajstić information content (AvgIpc) is 2.85. The third kappa shape index (κ3) is 6.00. The molecule has 4 rings (SSSR count). The van der Waals surface area contributed by atoms with E-state index in [1.165, 1.54) is 54.3 Å². The van der Waals surface area contributed by atoms with E-state index in [-0.39, 0.29) is 26.7 Å². The van der Waals surface area contributed by atoms with E-state index in [1.54, 1.807) is 18.2 Å². The molecular formula is C27H28Cl2N2O3S. The summed E-state index contributed by atoms with van der Waals surface area (Å²) in [5, 5.41) is 3.59. The van der Waals surface area contributed by atoms with Gasteiger partial charge < -0.3 is 5.32 Å². The van der Waals surface area contributed by atoms with Crippen LogP contribution in [0.4, 0.5) is 5.69 Å². The number of fused-ring (bicyclic) bond motifs is 1. The molecule has 0 aliphatic heterocycles. The van der Waals surface area contributed by atoms with E-state index >= 15 is 0 Å². The highest BCUT2D eigenvalue weighted by atomic mass is 35.5. The minimum Gasteiger partial charge on any atom is -0.348 e. The van der Waals surface area contributed by atoms with Gasteiger partial charge in [-0.1, -0.05) is 66.5 Å². The number of aryl methyl sites for hydroxylation is 2. The van der Waals surface area contributed by atoms with Gasteiger partial charge in [0, 0.05) is 10.0 Å². The van der Waals surface area contributed by atoms with Crippen molar-refractivity contribution in [3.05, 3.63) is 93.5 Å². The Hall–Kier alpha value is -2.54. The molecule has 8 heteroatoms. The summed E-state index contributed by atoms with van der Waals surface area (Å²) < 4.78 is 28.1. The summed E-state index contributed by atoms with van der Waals surface area (Å²) in [6.45, 7) is 1.59. The van der Waals surface area contributed by atoms with Crippen LogP contribution < -0.4 is 9.62 Å². The van der Waals surface area contributed by atoms with Crippen LogP contribution in [0, 0.1) is 0 Å². The van der Waals surface area contributed by atoms with Crippen LogP contribution in [-0.4, -0.2) is 20.9 Å². The smallest absolute Gasteiger partial charge is 0.264 e. The van der Waals surface area contributed by atoms with Crippen molar-refractivity contribution in [1.29, 1.82) is 0 Å². The predicted molar refractivity (Wildman–Crippen MR) is 142 cm³/mol. The summed E-state index contributed by atoms with van der Waals surface area (Å²) in [5.74, 6) is -0.412. The molecule has 0 heterocycles. The van der Waals surface area contributed by atoms with Crippen LogP contribution in [0.3, 0.4) is 0 Å². The number of carbonyl (C=O) groups is 1. The maximum atomic E-state index is 13.5. The van der Waals surface area contributed by atoms with Crippen LogP contribution in [0.5, 0.6) is 0 Å². The van der Waals surface area contributed by atoms with E-state index in [0.717, 1.165) is 22.7 Å². The lowest BCUT2D eigenvalue weighted by Crippen LogP contribution is -2.42. The lowest BCUT2D eigenvalue weighted by molar-refractivity contribution is -0.120. The molecule has 0 saturated heterocycles. The molecule has 1 aliphatic rings. The van der Waals surface area contributed by atoms with Crippen LogP contribution in [0.2, 0.25) is 10.0 Å². The van der Waals surface area contributed by atoms with Crippen molar-refractivity contribution in [2.75, 3.05) is 10.8 Å². The molecule has 1 aliphatic carbocycles. The topological polar surface area (TPSA) is 66.5 Å². The van der Waals surface area contributed by atoms with Crippen LogP contribution in [0.1, 0.15) is 48.9 Å². The molecular weight excluding hydrogens is 503 g/mol. The number of sulfonamides is 1. The van der Waals surface area contributed by atoms with Crippen molar-refractivity contribution in [1.82, 2.24) is 5.32 Å². The first kappa shape index (κ1) is 25.5. The van der Waals surface area contributed by atoms with Crippen molar-refractivity contribution in [2.24, 2.45) is 0 Å². The zero-order valence-electron chi connectivity index (χ0n) is 19.5. The highest BCUT2D eigenvalue weighted by Crippen LogP contribution is 2.30. The van der Waals surface area contributed by atoms with Gasteiger partial charge in [0.05, 0.1) is 16.6 Å². The fraction of sp³-hybridized carbons (Fsp3) is 0.296. The van der Waals surface area contributed by atoms with Gasteiger partial charge in [-0.15, -0.1) is 0 Å². The molecule has 0 bridgehead atoms. The molecule has 1 atom stereocenters. The van der Waals surface area contributed by atoms with Crippen LogP contribution >= 0.6 is 23.2 Å². The van der Waals surface area contributed by atoms with E-state index in [1.807, 2.05) is 6.92 Å². The number of hydrogen-bond donors (Lipinski definition) is 1. The number of halogens is 2. The fourth-order valence-electron chi connectivity index (χ4n) is 4.48. The summed E-state index contributed by atoms with van der Waals surface area (Å²) in [6.07, 6.45) is 5.20. The molecule has 0 saturated carbocycles. The highest BCUT2D eigenvalue weighted by molar-refractivity contribution is 7.92. The zero-order valence-corrected chi connectivity index (χ0v) is 21.8. The second kappa shape index (κ2) is 11.0. The van der Waals surface area contributed by atoms with Crippen molar-refractivity contribution < 1.29 is 13.2 Å². The van der Waals surface area contributed by atoms with Crippen LogP contribution in [0.15, 0.2) is 71.6 Å². The summed E-state index contributed by atoms with van der Waals surface area (Å²) >= 11 is 12.3. The quantitative estimate of drug-likeness (QED) is 0.369. The number of carbonyl (C=O) groups excluding carboxylic acids is 1. The molecule has 0 aromatic heterocycles. The van der Waals surface area contributed by atoms with Gasteiger partial charge >= 0.3 is 0 Å². The zero-order chi connectivity index (χ0) is 25.0. The van der Waals surface area contributed by atoms with Gasteiger partial charge in [0.1, 0.15) is 6.54 Å². The molecule has 5 nitrogen and oxygen atoms in total. The van der Waals surface area contributed by atoms with Gasteiger partial charge in [0.2, 0.25) is 5.91 Å². The standard InChI is InChI=1S/C27H28Cl2N2O3S/c1-2-26(21-13-12-19-8-6-7-9-20(19)14-21)30-27(32)18-31(24-16-22(28)15-23(29)17-24)35(33,34)25-10-4-3-5-11-25/h3-5,10-17,26H,2,6-9,18H2,1H3,(H,30,32)/t26-/m1/s1. The summed E-state index contributed by atoms with van der Waals surface area (Å²) in [4.78, 5) is 13.3. The maximum Gasteiger partial charge on any atom is 0.264 e. The van der Waals surface area contributed by atoms with Gasteiger partial charge in [0.15, 0.2) is 0 Å². The number of anilines is 1. The molecule has 0 unspecified atom stereocenters. The first-order chi connectivity index (χ1) is 16.8. The predicted octanol–water partition coefficient (Wildman–Crippen LogP) is 6.34. The minimum absolute atomic E-state index is 0.0747. The summed E-state index contributed by atoms with van der Waals surface area (Å²) in [7, 11) is -4.05. The van der Waals surface area contributed by atoms with E-state index in [4.69, 9.17) is 23.2 Å². The van der Waals surface area contributed by atoms with E-state index in [9.17, 15) is 13.2 Å². The Morgan fingerprint density at radius 2 is 1.60 bits per heavy atom. The normalized spacial score (nSPS) is 14.1. The lowest BCUT2D eigenvalue weighted by atomic mass is 9.89. The molecule has 35 heavy (non-hydrogen) atoms. The Balaban J connectivity index is 1.61. The number of benzene rings is 3. The first-order valence-corrected chi connectivity index (χ1v) is 13.9. The van der Waals surface area contributed by atoms with E-state index < -0.39 is 22.5 Å². The Bertz CT molecular complexity index is 1290. The van der Waals surface area contributed by atoms with Gasteiger partial charge in [0.25, 0.3) is 10.0 Å². The number of rotatable bonds is 8. The molecule has 3 aromatic carbocycles. The molecule has 0 fully saturated rings. The average molecular weight is 532 g/mol. The van der Waals surface area contributed by atoms with Gasteiger partial charge in [-0.2, -0.15) is 0 Å². The molecule has 0 radical (unpaired) electrons. The van der Waals surface area contributed by atoms with Gasteiger partial charge in [-0.05, 0) is 79.1 Å². The highest BCUT2D eigenvalue weighted by Gasteiger charge is 2.28. The maximum absolute atomic E-state index is 13.5. The molecule has 1 amide bonds. The summed E-state index contributed by atoms with van der Waals surface area (Å²) in [5.41, 5.74) is 3.97. The number of hydrogen-bond acceptors (Lipinski definition) is 3. The van der Waals surface area contributed by atoms with Gasteiger partial charge in [-0.25, -0.2) is 8.42 Å². The second-order valence-electron chi connectivity index (χ2n) is 8.72. The minimum atomic E-state index is -4.05. The largest absolute Gasteiger partial charge is 0.348 e. The second-order valence-corrected chi connectivity index (χ2v) is 11.5. The molecule has 0 spiro atoms. The Morgan fingerprint density at radius 1 is 0.943 bits per heavy atom. The number of nitrogens with one attached hydrogen (secondary N) is 1. The SMILES string of the molecule is CC[C@@H](NC(=O)CN(c1cc(Cl)cc(Cl)c1)S(=O)(=O)c1ccccc1)c1ccc2c(c1)CCCC2. The monoisotopic (exact) mass is 530 g/mol. The van der Waals surface area contributed by atoms with E-state index in [0.29, 0.717) is 6.42 Å². The number of nitrogens with zero attached hydrogens (tertiary/aromatic N) is 1. The van der Waals surface area contributed by atoms with Crippen molar-refractivity contribution >= 4 is 44.8 Å². The third-order valence-corrected chi connectivity index (χ3v) is 8.50. The van der Waals surface area contributed by atoms with Crippen LogP contribution in [0.25, 0.3) is 0 Å². The number of amides is 1. The van der Waals surface area contributed by atoms with Crippen molar-refractivity contribution in [3.63, 3.8) is 0 Å². The van der Waals surface area contributed by atoms with Crippen molar-refractivity contribution in [3.8, 4) is 0 Å². The molecule has 184 valence electrons. The fourth-order valence-corrected chi connectivity index (χ4v) is 6.42. The third-order valence-electron chi connectivity index (χ3n) is 6.27. The van der Waals surface area contributed by atoms with E-state index in [2.05, 4.69) is 23.5 Å². The summed E-state index contributed by atoms with van der Waals surface area (Å²) in [6, 6.07) is 18.7. The van der Waals surface area contributed by atoms with Crippen LogP contribution in [-0.2, 0) is 27.7 Å². The molecule has 3 aromatic rings. The lowest BCUT2D eigenvalue weighted by Gasteiger charge is -2.26. The molecule has 1 N–H and O–H groups in total.